The van der Waals surface area contributed by atoms with Crippen LogP contribution in [0.5, 0.6) is 0 Å². The van der Waals surface area contributed by atoms with Gasteiger partial charge in [-0.25, -0.2) is 15.0 Å². The van der Waals surface area contributed by atoms with Crippen LogP contribution >= 0.6 is 11.3 Å². The zero-order chi connectivity index (χ0) is 34.6. The first-order valence-electron chi connectivity index (χ1n) is 17.3. The van der Waals surface area contributed by atoms with Gasteiger partial charge in [0.15, 0.2) is 17.5 Å². The Morgan fingerprint density at radius 1 is 0.577 bits per heavy atom. The van der Waals surface area contributed by atoms with Crippen LogP contribution in [-0.2, 0) is 0 Å². The maximum absolute atomic E-state index is 6.44. The Labute approximate surface area is 304 Å². The number of benzene rings is 6. The van der Waals surface area contributed by atoms with Gasteiger partial charge in [0.05, 0.1) is 5.69 Å². The van der Waals surface area contributed by atoms with Crippen molar-refractivity contribution < 1.29 is 4.42 Å². The molecule has 0 fully saturated rings. The van der Waals surface area contributed by atoms with Gasteiger partial charge in [0.2, 0.25) is 0 Å². The van der Waals surface area contributed by atoms with Crippen molar-refractivity contribution in [3.05, 3.63) is 170 Å². The van der Waals surface area contributed by atoms with Gasteiger partial charge in [0, 0.05) is 71.5 Å². The Morgan fingerprint density at radius 2 is 1.25 bits per heavy atom. The predicted octanol–water partition coefficient (Wildman–Crippen LogP) is 12.4. The molecule has 0 aliphatic carbocycles. The maximum atomic E-state index is 6.44. The molecule has 0 bridgehead atoms. The zero-order valence-electron chi connectivity index (χ0n) is 28.0. The molecule has 0 unspecified atom stereocenters. The van der Waals surface area contributed by atoms with Crippen molar-refractivity contribution in [2.75, 3.05) is 11.4 Å². The largest absolute Gasteiger partial charge is 0.456 e. The van der Waals surface area contributed by atoms with Gasteiger partial charge in [-0.15, -0.1) is 11.3 Å². The van der Waals surface area contributed by atoms with E-state index in [-0.39, 0.29) is 0 Å². The number of aromatic nitrogens is 3. The van der Waals surface area contributed by atoms with Crippen LogP contribution in [0.3, 0.4) is 0 Å². The molecule has 5 nitrogen and oxygen atoms in total. The summed E-state index contributed by atoms with van der Waals surface area (Å²) in [4.78, 5) is 17.7. The highest BCUT2D eigenvalue weighted by molar-refractivity contribution is 7.26. The first-order chi connectivity index (χ1) is 25.7. The van der Waals surface area contributed by atoms with E-state index in [1.807, 2.05) is 72.8 Å². The minimum atomic E-state index is 0.630. The van der Waals surface area contributed by atoms with E-state index in [2.05, 4.69) is 96.4 Å². The van der Waals surface area contributed by atoms with Crippen LogP contribution < -0.4 is 4.90 Å². The number of nitrogens with zero attached hydrogens (tertiary/aromatic N) is 4. The fraction of sp³-hybridized carbons (Fsp3) is 0.0217. The van der Waals surface area contributed by atoms with Crippen LogP contribution in [0, 0.1) is 0 Å². The lowest BCUT2D eigenvalue weighted by Gasteiger charge is -2.27. The van der Waals surface area contributed by atoms with Gasteiger partial charge in [-0.05, 0) is 35.9 Å². The second kappa shape index (κ2) is 12.3. The molecular formula is C46H30N4OS. The highest BCUT2D eigenvalue weighted by Gasteiger charge is 2.23. The van der Waals surface area contributed by atoms with Gasteiger partial charge >= 0.3 is 0 Å². The van der Waals surface area contributed by atoms with Gasteiger partial charge in [0.25, 0.3) is 0 Å². The average Bonchev–Trinajstić information content (AvgIpc) is 3.78. The first kappa shape index (κ1) is 30.2. The smallest absolute Gasteiger partial charge is 0.165 e. The Morgan fingerprint density at radius 3 is 2.02 bits per heavy atom. The lowest BCUT2D eigenvalue weighted by molar-refractivity contribution is 0.669. The van der Waals surface area contributed by atoms with Crippen molar-refractivity contribution in [3.63, 3.8) is 0 Å². The third-order valence-electron chi connectivity index (χ3n) is 9.68. The minimum Gasteiger partial charge on any atom is -0.456 e. The van der Waals surface area contributed by atoms with Crippen molar-refractivity contribution in [2.45, 2.75) is 0 Å². The molecule has 0 saturated heterocycles. The molecule has 6 aromatic carbocycles. The van der Waals surface area contributed by atoms with E-state index < -0.39 is 0 Å². The van der Waals surface area contributed by atoms with Gasteiger partial charge in [-0.1, -0.05) is 128 Å². The Hall–Kier alpha value is -6.63. The number of thiophene rings is 1. The number of para-hydroxylation sites is 1. The monoisotopic (exact) mass is 686 g/mol. The fourth-order valence-electron chi connectivity index (χ4n) is 7.15. The Kier molecular flexibility index (Phi) is 7.15. The molecule has 0 spiro atoms. The van der Waals surface area contributed by atoms with Crippen molar-refractivity contribution in [3.8, 4) is 34.2 Å². The topological polar surface area (TPSA) is 55.1 Å². The molecule has 9 aromatic rings. The molecular weight excluding hydrogens is 657 g/mol. The Bertz CT molecular complexity index is 2850. The number of rotatable bonds is 4. The summed E-state index contributed by atoms with van der Waals surface area (Å²) in [7, 11) is 0. The van der Waals surface area contributed by atoms with E-state index in [4.69, 9.17) is 19.4 Å². The van der Waals surface area contributed by atoms with E-state index in [0.29, 0.717) is 24.0 Å². The van der Waals surface area contributed by atoms with E-state index >= 15 is 0 Å². The summed E-state index contributed by atoms with van der Waals surface area (Å²) in [5.74, 6) is 1.90. The molecule has 246 valence electrons. The lowest BCUT2D eigenvalue weighted by atomic mass is 9.99. The van der Waals surface area contributed by atoms with Gasteiger partial charge in [0.1, 0.15) is 11.2 Å². The number of hydrogen-bond donors (Lipinski definition) is 0. The molecule has 1 aliphatic rings. The van der Waals surface area contributed by atoms with E-state index in [9.17, 15) is 0 Å². The van der Waals surface area contributed by atoms with Crippen molar-refractivity contribution in [1.29, 1.82) is 0 Å². The van der Waals surface area contributed by atoms with Crippen LogP contribution in [0.4, 0.5) is 11.4 Å². The molecule has 0 radical (unpaired) electrons. The zero-order valence-corrected chi connectivity index (χ0v) is 28.8. The summed E-state index contributed by atoms with van der Waals surface area (Å²) in [5, 5.41) is 4.52. The molecule has 52 heavy (non-hydrogen) atoms. The van der Waals surface area contributed by atoms with Crippen LogP contribution in [0.25, 0.3) is 81.8 Å². The third-order valence-corrected chi connectivity index (χ3v) is 10.9. The summed E-state index contributed by atoms with van der Waals surface area (Å²) in [5.41, 5.74) is 8.55. The number of hydrogen-bond acceptors (Lipinski definition) is 6. The van der Waals surface area contributed by atoms with Crippen molar-refractivity contribution in [2.24, 2.45) is 0 Å². The Balaban J connectivity index is 1.26. The second-order valence-electron chi connectivity index (χ2n) is 12.9. The molecule has 0 N–H and O–H groups in total. The molecule has 0 saturated carbocycles. The summed E-state index contributed by atoms with van der Waals surface area (Å²) in [6, 6.07) is 46.0. The molecule has 6 heteroatoms. The van der Waals surface area contributed by atoms with Crippen LogP contribution in [-0.4, -0.2) is 21.5 Å². The van der Waals surface area contributed by atoms with E-state index in [0.717, 1.165) is 71.2 Å². The number of anilines is 2. The summed E-state index contributed by atoms with van der Waals surface area (Å²) >= 11 is 1.77. The highest BCUT2D eigenvalue weighted by atomic mass is 32.1. The molecule has 0 atom stereocenters. The summed E-state index contributed by atoms with van der Waals surface area (Å²) < 4.78 is 8.79. The molecule has 10 rings (SSSR count). The number of allylic oxidation sites excluding steroid dienone is 4. The molecule has 1 aliphatic heterocycles. The van der Waals surface area contributed by atoms with Crippen molar-refractivity contribution in [1.82, 2.24) is 15.0 Å². The van der Waals surface area contributed by atoms with Crippen LogP contribution in [0.15, 0.2) is 169 Å². The SMILES string of the molecule is C=C1/C=C\C=C/CN(c2cc(-c3nc(-c4ccccc4)nc(-c4ccccc4)n3)c3sc4ccccc4c3c2)c2cc3oc4ccccc4c3cc21. The highest BCUT2D eigenvalue weighted by Crippen LogP contribution is 2.45. The van der Waals surface area contributed by atoms with Gasteiger partial charge < -0.3 is 9.32 Å². The van der Waals surface area contributed by atoms with Crippen molar-refractivity contribution >= 4 is 70.4 Å². The normalized spacial score (nSPS) is 14.4. The quantitative estimate of drug-likeness (QED) is 0.184. The molecule has 4 heterocycles. The minimum absolute atomic E-state index is 0.630. The van der Waals surface area contributed by atoms with Gasteiger partial charge in [-0.3, -0.25) is 0 Å². The second-order valence-corrected chi connectivity index (χ2v) is 13.9. The predicted molar refractivity (Wildman–Crippen MR) is 217 cm³/mol. The van der Waals surface area contributed by atoms with Gasteiger partial charge in [-0.2, -0.15) is 0 Å². The summed E-state index contributed by atoms with van der Waals surface area (Å²) in [6.07, 6.45) is 8.42. The molecule has 0 amide bonds. The maximum Gasteiger partial charge on any atom is 0.165 e. The van der Waals surface area contributed by atoms with E-state index in [1.54, 1.807) is 11.3 Å². The standard InChI is InChI=1S/C46H30N4OS/c1-29-15-5-4-14-24-50(39-28-41-36(27-35(29)39)33-20-10-12-22-40(33)51-41)32-25-37-34-21-11-13-23-42(34)52-43(37)38(26-32)46-48-44(30-16-6-2-7-17-30)47-45(49-46)31-18-8-3-9-19-31/h2-23,25-28H,1,24H2/b14-4-,15-5-. The lowest BCUT2D eigenvalue weighted by Crippen LogP contribution is -2.18. The number of fused-ring (bicyclic) bond motifs is 7. The fourth-order valence-corrected chi connectivity index (χ4v) is 8.35. The average molecular weight is 687 g/mol. The van der Waals surface area contributed by atoms with Crippen LogP contribution in [0.1, 0.15) is 5.56 Å². The third kappa shape index (κ3) is 5.12. The number of furan rings is 1. The first-order valence-corrected chi connectivity index (χ1v) is 18.1. The summed E-state index contributed by atoms with van der Waals surface area (Å²) in [6.45, 7) is 5.15. The van der Waals surface area contributed by atoms with E-state index in [1.165, 1.54) is 10.1 Å². The molecule has 3 aromatic heterocycles. The van der Waals surface area contributed by atoms with Crippen LogP contribution in [0.2, 0.25) is 0 Å².